The third-order valence-electron chi connectivity index (χ3n) is 4.47. The standard InChI is InChI=1S/C19H37N5O5S/c1-11(2)15(19(28)29)24-18(27)14(8-10-30-4)23-17(26)13(7-5-6-9-20)22-16(25)12(3)21/h11-15H,5-10,20-21H2,1-4H3,(H,22,25)(H,23,26)(H,24,27)(H,28,29). The number of nitrogens with two attached hydrogens (primary N) is 2. The number of hydrogen-bond acceptors (Lipinski definition) is 7. The quantitative estimate of drug-likeness (QED) is 0.180. The summed E-state index contributed by atoms with van der Waals surface area (Å²) in [5.74, 6) is -2.44. The van der Waals surface area contributed by atoms with E-state index in [0.717, 1.165) is 0 Å². The molecule has 0 radical (unpaired) electrons. The van der Waals surface area contributed by atoms with Crippen molar-refractivity contribution < 1.29 is 24.3 Å². The lowest BCUT2D eigenvalue weighted by atomic mass is 10.0. The van der Waals surface area contributed by atoms with Crippen molar-refractivity contribution in [3.8, 4) is 0 Å². The normalized spacial score (nSPS) is 15.0. The van der Waals surface area contributed by atoms with Crippen molar-refractivity contribution in [1.82, 2.24) is 16.0 Å². The van der Waals surface area contributed by atoms with Gasteiger partial charge in [-0.3, -0.25) is 14.4 Å². The summed E-state index contributed by atoms with van der Waals surface area (Å²) in [6, 6.07) is -3.63. The highest BCUT2D eigenvalue weighted by Gasteiger charge is 2.30. The zero-order chi connectivity index (χ0) is 23.3. The Labute approximate surface area is 182 Å². The molecule has 0 aliphatic rings. The van der Waals surface area contributed by atoms with Gasteiger partial charge < -0.3 is 32.5 Å². The molecule has 30 heavy (non-hydrogen) atoms. The zero-order valence-electron chi connectivity index (χ0n) is 18.3. The fourth-order valence-electron chi connectivity index (χ4n) is 2.61. The van der Waals surface area contributed by atoms with Crippen LogP contribution in [-0.4, -0.2) is 71.5 Å². The predicted molar refractivity (Wildman–Crippen MR) is 118 cm³/mol. The molecule has 0 rings (SSSR count). The first-order valence-electron chi connectivity index (χ1n) is 10.1. The first-order valence-corrected chi connectivity index (χ1v) is 11.5. The van der Waals surface area contributed by atoms with Crippen molar-refractivity contribution in [1.29, 1.82) is 0 Å². The van der Waals surface area contributed by atoms with Crippen molar-refractivity contribution in [3.63, 3.8) is 0 Å². The monoisotopic (exact) mass is 447 g/mol. The van der Waals surface area contributed by atoms with Crippen LogP contribution in [-0.2, 0) is 19.2 Å². The molecule has 0 fully saturated rings. The minimum absolute atomic E-state index is 0.319. The molecule has 0 bridgehead atoms. The fraction of sp³-hybridized carbons (Fsp3) is 0.789. The predicted octanol–water partition coefficient (Wildman–Crippen LogP) is -0.589. The van der Waals surface area contributed by atoms with E-state index in [-0.39, 0.29) is 5.92 Å². The fourth-order valence-corrected chi connectivity index (χ4v) is 3.08. The molecule has 0 aromatic heterocycles. The zero-order valence-corrected chi connectivity index (χ0v) is 19.1. The summed E-state index contributed by atoms with van der Waals surface area (Å²) < 4.78 is 0. The Bertz CT molecular complexity index is 574. The molecule has 0 saturated heterocycles. The lowest BCUT2D eigenvalue weighted by Gasteiger charge is -2.25. The number of nitrogens with one attached hydrogen (secondary N) is 3. The van der Waals surface area contributed by atoms with Crippen LogP contribution in [0.2, 0.25) is 0 Å². The second kappa shape index (κ2) is 15.0. The second-order valence-corrected chi connectivity index (χ2v) is 8.53. The number of thioether (sulfide) groups is 1. The van der Waals surface area contributed by atoms with E-state index in [1.807, 2.05) is 6.26 Å². The number of unbranched alkanes of at least 4 members (excludes halogenated alkanes) is 1. The molecule has 10 nitrogen and oxygen atoms in total. The number of carboxylic acids is 1. The van der Waals surface area contributed by atoms with Gasteiger partial charge >= 0.3 is 5.97 Å². The maximum absolute atomic E-state index is 12.8. The van der Waals surface area contributed by atoms with Crippen LogP contribution >= 0.6 is 11.8 Å². The van der Waals surface area contributed by atoms with E-state index in [1.165, 1.54) is 18.7 Å². The maximum Gasteiger partial charge on any atom is 0.326 e. The van der Waals surface area contributed by atoms with Gasteiger partial charge in [-0.05, 0) is 57.1 Å². The van der Waals surface area contributed by atoms with E-state index in [1.54, 1.807) is 13.8 Å². The Balaban J connectivity index is 5.33. The smallest absolute Gasteiger partial charge is 0.326 e. The number of hydrogen-bond donors (Lipinski definition) is 6. The van der Waals surface area contributed by atoms with Gasteiger partial charge in [0.2, 0.25) is 17.7 Å². The van der Waals surface area contributed by atoms with Gasteiger partial charge in [0.1, 0.15) is 18.1 Å². The Morgan fingerprint density at radius 1 is 0.900 bits per heavy atom. The van der Waals surface area contributed by atoms with Crippen molar-refractivity contribution in [2.45, 2.75) is 70.6 Å². The molecule has 0 aliphatic heterocycles. The average Bonchev–Trinajstić information content (AvgIpc) is 2.67. The van der Waals surface area contributed by atoms with Gasteiger partial charge in [0.25, 0.3) is 0 Å². The Morgan fingerprint density at radius 3 is 1.90 bits per heavy atom. The topological polar surface area (TPSA) is 177 Å². The molecule has 0 aromatic carbocycles. The summed E-state index contributed by atoms with van der Waals surface area (Å²) in [7, 11) is 0. The summed E-state index contributed by atoms with van der Waals surface area (Å²) in [6.07, 6.45) is 3.83. The summed E-state index contributed by atoms with van der Waals surface area (Å²) in [5, 5.41) is 17.1. The number of amides is 3. The molecule has 174 valence electrons. The minimum Gasteiger partial charge on any atom is -0.480 e. The largest absolute Gasteiger partial charge is 0.480 e. The van der Waals surface area contributed by atoms with Crippen molar-refractivity contribution in [3.05, 3.63) is 0 Å². The van der Waals surface area contributed by atoms with E-state index >= 15 is 0 Å². The highest BCUT2D eigenvalue weighted by molar-refractivity contribution is 7.98. The third-order valence-corrected chi connectivity index (χ3v) is 5.11. The van der Waals surface area contributed by atoms with Gasteiger partial charge in [0.15, 0.2) is 0 Å². The molecule has 4 unspecified atom stereocenters. The van der Waals surface area contributed by atoms with E-state index in [0.29, 0.717) is 38.0 Å². The van der Waals surface area contributed by atoms with Gasteiger partial charge in [-0.2, -0.15) is 11.8 Å². The number of carbonyl (C=O) groups excluding carboxylic acids is 3. The molecular formula is C19H37N5O5S. The van der Waals surface area contributed by atoms with Gasteiger partial charge in [-0.1, -0.05) is 13.8 Å². The lowest BCUT2D eigenvalue weighted by molar-refractivity contribution is -0.143. The average molecular weight is 448 g/mol. The van der Waals surface area contributed by atoms with Crippen LogP contribution in [0.3, 0.4) is 0 Å². The molecule has 4 atom stereocenters. The van der Waals surface area contributed by atoms with E-state index in [4.69, 9.17) is 11.5 Å². The van der Waals surface area contributed by atoms with E-state index in [9.17, 15) is 24.3 Å². The second-order valence-electron chi connectivity index (χ2n) is 7.55. The van der Waals surface area contributed by atoms with Gasteiger partial charge in [0, 0.05) is 0 Å². The molecule has 0 aliphatic carbocycles. The third kappa shape index (κ3) is 10.8. The molecule has 0 spiro atoms. The maximum atomic E-state index is 12.8. The van der Waals surface area contributed by atoms with Gasteiger partial charge in [-0.15, -0.1) is 0 Å². The molecule has 8 N–H and O–H groups in total. The highest BCUT2D eigenvalue weighted by Crippen LogP contribution is 2.08. The van der Waals surface area contributed by atoms with Crippen LogP contribution in [0, 0.1) is 5.92 Å². The van der Waals surface area contributed by atoms with Crippen molar-refractivity contribution in [2.75, 3.05) is 18.6 Å². The van der Waals surface area contributed by atoms with Crippen LogP contribution < -0.4 is 27.4 Å². The van der Waals surface area contributed by atoms with E-state index < -0.39 is 47.9 Å². The SMILES string of the molecule is CSCCC(NC(=O)C(CCCCN)NC(=O)C(C)N)C(=O)NC(C(=O)O)C(C)C. The van der Waals surface area contributed by atoms with Crippen LogP contribution in [0.1, 0.15) is 46.5 Å². The van der Waals surface area contributed by atoms with Crippen LogP contribution in [0.15, 0.2) is 0 Å². The summed E-state index contributed by atoms with van der Waals surface area (Å²) in [5.41, 5.74) is 11.1. The van der Waals surface area contributed by atoms with Gasteiger partial charge in [0.05, 0.1) is 6.04 Å². The molecular weight excluding hydrogens is 410 g/mol. The number of rotatable bonds is 15. The Kier molecular flexibility index (Phi) is 14.1. The molecule has 0 saturated carbocycles. The minimum atomic E-state index is -1.14. The van der Waals surface area contributed by atoms with Crippen molar-refractivity contribution in [2.24, 2.45) is 17.4 Å². The molecule has 3 amide bonds. The first kappa shape index (κ1) is 28.1. The molecule has 0 aromatic rings. The highest BCUT2D eigenvalue weighted by atomic mass is 32.2. The molecule has 11 heteroatoms. The Morgan fingerprint density at radius 2 is 1.43 bits per heavy atom. The summed E-state index contributed by atoms with van der Waals surface area (Å²) >= 11 is 1.50. The first-order chi connectivity index (χ1) is 14.0. The van der Waals surface area contributed by atoms with Crippen LogP contribution in [0.5, 0.6) is 0 Å². The number of carbonyl (C=O) groups is 4. The number of aliphatic carboxylic acids is 1. The molecule has 0 heterocycles. The summed E-state index contributed by atoms with van der Waals surface area (Å²) in [4.78, 5) is 48.9. The summed E-state index contributed by atoms with van der Waals surface area (Å²) in [6.45, 7) is 5.34. The number of carboxylic acid groups (broad SMARTS) is 1. The lowest BCUT2D eigenvalue weighted by Crippen LogP contribution is -2.57. The van der Waals surface area contributed by atoms with Crippen molar-refractivity contribution >= 4 is 35.5 Å². The Hall–Kier alpha value is -1.85. The van der Waals surface area contributed by atoms with E-state index in [2.05, 4.69) is 16.0 Å². The van der Waals surface area contributed by atoms with Crippen LogP contribution in [0.25, 0.3) is 0 Å². The van der Waals surface area contributed by atoms with Gasteiger partial charge in [-0.25, -0.2) is 4.79 Å². The van der Waals surface area contributed by atoms with Crippen LogP contribution in [0.4, 0.5) is 0 Å².